The molecule has 7 nitrogen and oxygen atoms in total. The van der Waals surface area contributed by atoms with Crippen LogP contribution in [0.2, 0.25) is 0 Å². The highest BCUT2D eigenvalue weighted by molar-refractivity contribution is 7.82. The van der Waals surface area contributed by atoms with Gasteiger partial charge in [-0.1, -0.05) is 6.42 Å². The van der Waals surface area contributed by atoms with Crippen molar-refractivity contribution in [3.63, 3.8) is 0 Å². The van der Waals surface area contributed by atoms with Gasteiger partial charge in [0.1, 0.15) is 29.1 Å². The Morgan fingerprint density at radius 3 is 2.43 bits per heavy atom. The van der Waals surface area contributed by atoms with Crippen LogP contribution in [-0.2, 0) is 25.3 Å². The van der Waals surface area contributed by atoms with E-state index in [1.807, 2.05) is 30.3 Å². The molecule has 30 heavy (non-hydrogen) atoms. The van der Waals surface area contributed by atoms with Crippen molar-refractivity contribution >= 4 is 22.7 Å². The van der Waals surface area contributed by atoms with Gasteiger partial charge in [-0.2, -0.15) is 0 Å². The molecule has 2 saturated heterocycles. The van der Waals surface area contributed by atoms with E-state index < -0.39 is 11.0 Å². The molecular weight excluding hydrogens is 404 g/mol. The molecule has 1 aromatic carbocycles. The SMILES string of the molecule is COc1cc(C)c(S(=O)N2CCCCC2COCC(=O)N2CCC(=O)CC2)c(C)c1. The average Bonchev–Trinajstić information content (AvgIpc) is 2.73. The zero-order valence-corrected chi connectivity index (χ0v) is 19.0. The summed E-state index contributed by atoms with van der Waals surface area (Å²) < 4.78 is 26.5. The smallest absolute Gasteiger partial charge is 0.248 e. The van der Waals surface area contributed by atoms with E-state index in [-0.39, 0.29) is 24.3 Å². The summed E-state index contributed by atoms with van der Waals surface area (Å²) in [7, 11) is 0.340. The highest BCUT2D eigenvalue weighted by Gasteiger charge is 2.30. The second-order valence-electron chi connectivity index (χ2n) is 8.06. The van der Waals surface area contributed by atoms with E-state index in [4.69, 9.17) is 9.47 Å². The van der Waals surface area contributed by atoms with E-state index in [2.05, 4.69) is 0 Å². The number of benzene rings is 1. The molecule has 0 bridgehead atoms. The number of hydrogen-bond acceptors (Lipinski definition) is 5. The Balaban J connectivity index is 1.60. The first-order valence-electron chi connectivity index (χ1n) is 10.6. The first-order chi connectivity index (χ1) is 14.4. The van der Waals surface area contributed by atoms with Crippen LogP contribution < -0.4 is 4.74 Å². The molecule has 2 unspecified atom stereocenters. The summed E-state index contributed by atoms with van der Waals surface area (Å²) in [5, 5.41) is 0. The van der Waals surface area contributed by atoms with Gasteiger partial charge in [0.15, 0.2) is 0 Å². The Labute approximate surface area is 181 Å². The molecule has 1 aromatic rings. The minimum Gasteiger partial charge on any atom is -0.497 e. The fraction of sp³-hybridized carbons (Fsp3) is 0.636. The van der Waals surface area contributed by atoms with E-state index >= 15 is 0 Å². The maximum atomic E-state index is 13.5. The molecule has 0 radical (unpaired) electrons. The summed E-state index contributed by atoms with van der Waals surface area (Å²) in [6.07, 6.45) is 3.82. The third kappa shape index (κ3) is 5.47. The molecule has 2 fully saturated rings. The predicted molar refractivity (Wildman–Crippen MR) is 115 cm³/mol. The molecule has 166 valence electrons. The first-order valence-corrected chi connectivity index (χ1v) is 11.7. The minimum absolute atomic E-state index is 0.00571. The van der Waals surface area contributed by atoms with Crippen molar-refractivity contribution in [1.82, 2.24) is 9.21 Å². The Bertz CT molecular complexity index is 780. The van der Waals surface area contributed by atoms with Gasteiger partial charge in [0.25, 0.3) is 0 Å². The lowest BCUT2D eigenvalue weighted by Crippen LogP contribution is -2.45. The first kappa shape index (κ1) is 22.9. The maximum absolute atomic E-state index is 13.5. The highest BCUT2D eigenvalue weighted by Crippen LogP contribution is 2.29. The number of rotatable bonds is 7. The molecule has 2 heterocycles. The van der Waals surface area contributed by atoms with Gasteiger partial charge in [-0.25, -0.2) is 8.51 Å². The van der Waals surface area contributed by atoms with Crippen molar-refractivity contribution in [2.75, 3.05) is 40.0 Å². The number of carbonyl (C=O) groups excluding carboxylic acids is 2. The maximum Gasteiger partial charge on any atom is 0.248 e. The quantitative estimate of drug-likeness (QED) is 0.656. The van der Waals surface area contributed by atoms with Crippen LogP contribution in [0.25, 0.3) is 0 Å². The average molecular weight is 437 g/mol. The number of carbonyl (C=O) groups is 2. The third-order valence-corrected chi connectivity index (χ3v) is 7.74. The Kier molecular flexibility index (Phi) is 8.02. The van der Waals surface area contributed by atoms with Crippen molar-refractivity contribution in [3.05, 3.63) is 23.3 Å². The summed E-state index contributed by atoms with van der Waals surface area (Å²) in [5.74, 6) is 0.902. The van der Waals surface area contributed by atoms with Gasteiger partial charge in [-0.3, -0.25) is 9.59 Å². The number of methoxy groups -OCH3 is 1. The second kappa shape index (κ2) is 10.5. The van der Waals surface area contributed by atoms with E-state index in [0.29, 0.717) is 32.5 Å². The van der Waals surface area contributed by atoms with Gasteiger partial charge >= 0.3 is 0 Å². The third-order valence-electron chi connectivity index (χ3n) is 5.84. The number of piperidine rings is 2. The number of aryl methyl sites for hydroxylation is 2. The highest BCUT2D eigenvalue weighted by atomic mass is 32.2. The zero-order chi connectivity index (χ0) is 21.7. The van der Waals surface area contributed by atoms with E-state index in [0.717, 1.165) is 47.6 Å². The molecule has 1 amide bonds. The lowest BCUT2D eigenvalue weighted by atomic mass is 10.1. The fourth-order valence-corrected chi connectivity index (χ4v) is 5.79. The number of nitrogens with zero attached hydrogens (tertiary/aromatic N) is 2. The molecule has 2 aliphatic rings. The Morgan fingerprint density at radius 1 is 1.13 bits per heavy atom. The van der Waals surface area contributed by atoms with Crippen LogP contribution in [0.4, 0.5) is 0 Å². The van der Waals surface area contributed by atoms with Gasteiger partial charge in [0, 0.05) is 38.5 Å². The molecular formula is C22H32N2O5S. The van der Waals surface area contributed by atoms with Crippen LogP contribution in [0.15, 0.2) is 17.0 Å². The van der Waals surface area contributed by atoms with Crippen LogP contribution in [0.1, 0.15) is 43.2 Å². The largest absolute Gasteiger partial charge is 0.497 e. The van der Waals surface area contributed by atoms with Crippen molar-refractivity contribution < 1.29 is 23.3 Å². The van der Waals surface area contributed by atoms with Crippen molar-refractivity contribution in [1.29, 1.82) is 0 Å². The Hall–Kier alpha value is -1.77. The monoisotopic (exact) mass is 436 g/mol. The van der Waals surface area contributed by atoms with Crippen LogP contribution in [0, 0.1) is 13.8 Å². The number of ketones is 1. The number of hydrogen-bond donors (Lipinski definition) is 0. The van der Waals surface area contributed by atoms with E-state index in [1.54, 1.807) is 12.0 Å². The lowest BCUT2D eigenvalue weighted by Gasteiger charge is -2.35. The van der Waals surface area contributed by atoms with Gasteiger partial charge < -0.3 is 14.4 Å². The summed E-state index contributed by atoms with van der Waals surface area (Å²) in [4.78, 5) is 26.2. The molecule has 0 aliphatic carbocycles. The summed E-state index contributed by atoms with van der Waals surface area (Å²) in [6, 6.07) is 3.84. The normalized spacial score (nSPS) is 21.5. The summed E-state index contributed by atoms with van der Waals surface area (Å²) >= 11 is 0. The topological polar surface area (TPSA) is 76.2 Å². The fourth-order valence-electron chi connectivity index (χ4n) is 4.16. The van der Waals surface area contributed by atoms with E-state index in [1.165, 1.54) is 0 Å². The van der Waals surface area contributed by atoms with Crippen molar-refractivity contribution in [2.24, 2.45) is 0 Å². The summed E-state index contributed by atoms with van der Waals surface area (Å²) in [5.41, 5.74) is 1.90. The van der Waals surface area contributed by atoms with Gasteiger partial charge in [-0.15, -0.1) is 0 Å². The Morgan fingerprint density at radius 2 is 1.80 bits per heavy atom. The number of Topliss-reactive ketones (excluding diaryl/α,β-unsaturated/α-hetero) is 1. The summed E-state index contributed by atoms with van der Waals surface area (Å²) in [6.45, 7) is 6.01. The van der Waals surface area contributed by atoms with Crippen LogP contribution in [0.5, 0.6) is 5.75 Å². The van der Waals surface area contributed by atoms with Crippen LogP contribution in [-0.4, -0.2) is 71.1 Å². The second-order valence-corrected chi connectivity index (χ2v) is 9.44. The standard InChI is InChI=1S/C22H32N2O5S/c1-16-12-20(28-3)13-17(2)22(16)30(27)24-9-5-4-6-18(24)14-29-15-21(26)23-10-7-19(25)8-11-23/h12-13,18H,4-11,14-15H2,1-3H3. The lowest BCUT2D eigenvalue weighted by molar-refractivity contribution is -0.139. The van der Waals surface area contributed by atoms with E-state index in [9.17, 15) is 13.8 Å². The van der Waals surface area contributed by atoms with Gasteiger partial charge in [-0.05, 0) is 49.9 Å². The zero-order valence-electron chi connectivity index (χ0n) is 18.1. The minimum atomic E-state index is -1.29. The molecule has 3 rings (SSSR count). The number of amides is 1. The molecule has 2 atom stereocenters. The molecule has 0 saturated carbocycles. The molecule has 2 aliphatic heterocycles. The predicted octanol–water partition coefficient (Wildman–Crippen LogP) is 2.40. The molecule has 0 spiro atoms. The molecule has 8 heteroatoms. The van der Waals surface area contributed by atoms with Crippen molar-refractivity contribution in [2.45, 2.75) is 56.9 Å². The van der Waals surface area contributed by atoms with Crippen molar-refractivity contribution in [3.8, 4) is 5.75 Å². The van der Waals surface area contributed by atoms with Crippen LogP contribution in [0.3, 0.4) is 0 Å². The molecule has 0 aromatic heterocycles. The van der Waals surface area contributed by atoms with Gasteiger partial charge in [0.05, 0.1) is 18.6 Å². The van der Waals surface area contributed by atoms with Gasteiger partial charge in [0.2, 0.25) is 5.91 Å². The number of likely N-dealkylation sites (tertiary alicyclic amines) is 1. The molecule has 0 N–H and O–H groups in total. The van der Waals surface area contributed by atoms with Crippen LogP contribution >= 0.6 is 0 Å². The number of ether oxygens (including phenoxy) is 2.